The Morgan fingerprint density at radius 2 is 2.05 bits per heavy atom. The van der Waals surface area contributed by atoms with E-state index in [1.165, 1.54) is 29.7 Å². The summed E-state index contributed by atoms with van der Waals surface area (Å²) < 4.78 is 0. The number of carbonyl (C=O) groups is 1. The number of fused-ring (bicyclic) bond motifs is 1. The summed E-state index contributed by atoms with van der Waals surface area (Å²) in [4.78, 5) is 14.1. The van der Waals surface area contributed by atoms with Gasteiger partial charge in [0.2, 0.25) is 5.91 Å². The molecule has 1 amide bonds. The third-order valence-electron chi connectivity index (χ3n) is 4.46. The van der Waals surface area contributed by atoms with Crippen molar-refractivity contribution in [2.24, 2.45) is 0 Å². The zero-order valence-corrected chi connectivity index (χ0v) is 12.7. The van der Waals surface area contributed by atoms with Crippen molar-refractivity contribution in [3.05, 3.63) is 29.3 Å². The molecule has 2 aliphatic heterocycles. The summed E-state index contributed by atoms with van der Waals surface area (Å²) in [5.41, 5.74) is 3.96. The molecular formula is C17H25N3O. The molecule has 114 valence electrons. The van der Waals surface area contributed by atoms with E-state index in [0.29, 0.717) is 6.54 Å². The van der Waals surface area contributed by atoms with Crippen molar-refractivity contribution < 1.29 is 4.79 Å². The van der Waals surface area contributed by atoms with Gasteiger partial charge in [-0.2, -0.15) is 0 Å². The zero-order valence-electron chi connectivity index (χ0n) is 12.7. The summed E-state index contributed by atoms with van der Waals surface area (Å²) in [6, 6.07) is 6.47. The first kappa shape index (κ1) is 14.4. The maximum atomic E-state index is 12.1. The second-order valence-corrected chi connectivity index (χ2v) is 6.03. The number of carbonyl (C=O) groups excluding carboxylic acids is 1. The number of benzene rings is 1. The van der Waals surface area contributed by atoms with Crippen LogP contribution in [0.15, 0.2) is 18.2 Å². The molecule has 0 radical (unpaired) electrons. The molecule has 4 heteroatoms. The summed E-state index contributed by atoms with van der Waals surface area (Å²) in [6.45, 7) is 4.13. The molecule has 1 aromatic carbocycles. The normalized spacial score (nSPS) is 18.0. The summed E-state index contributed by atoms with van der Waals surface area (Å²) in [5, 5.41) is 6.82. The van der Waals surface area contributed by atoms with Crippen molar-refractivity contribution >= 4 is 11.6 Å². The Kier molecular flexibility index (Phi) is 4.76. The molecule has 0 spiro atoms. The molecule has 0 unspecified atom stereocenters. The standard InChI is InChI=1S/C17H25N3O/c21-16(20-10-2-1-3-11-20)13-18-12-15-7-4-6-14-8-5-9-19-17(14)15/h4,6-7,18-19H,1-3,5,8-13H2. The van der Waals surface area contributed by atoms with E-state index in [9.17, 15) is 4.79 Å². The molecule has 1 saturated heterocycles. The number of amides is 1. The molecule has 2 aliphatic rings. The number of likely N-dealkylation sites (tertiary alicyclic amines) is 1. The van der Waals surface area contributed by atoms with Crippen LogP contribution in [0.4, 0.5) is 5.69 Å². The molecule has 21 heavy (non-hydrogen) atoms. The van der Waals surface area contributed by atoms with Gasteiger partial charge >= 0.3 is 0 Å². The van der Waals surface area contributed by atoms with Crippen LogP contribution in [0.2, 0.25) is 0 Å². The van der Waals surface area contributed by atoms with E-state index in [1.807, 2.05) is 4.90 Å². The van der Waals surface area contributed by atoms with Crippen molar-refractivity contribution in [3.8, 4) is 0 Å². The number of rotatable bonds is 4. The van der Waals surface area contributed by atoms with Crippen LogP contribution >= 0.6 is 0 Å². The van der Waals surface area contributed by atoms with Crippen molar-refractivity contribution in [3.63, 3.8) is 0 Å². The van der Waals surface area contributed by atoms with Crippen LogP contribution in [0.1, 0.15) is 36.8 Å². The fourth-order valence-electron chi connectivity index (χ4n) is 3.29. The lowest BCUT2D eigenvalue weighted by Crippen LogP contribution is -2.41. The Hall–Kier alpha value is -1.55. The summed E-state index contributed by atoms with van der Waals surface area (Å²) >= 11 is 0. The maximum absolute atomic E-state index is 12.1. The average Bonchev–Trinajstić information content (AvgIpc) is 2.56. The van der Waals surface area contributed by atoms with Crippen LogP contribution in [0.3, 0.4) is 0 Å². The van der Waals surface area contributed by atoms with Gasteiger partial charge in [-0.05, 0) is 43.2 Å². The molecule has 0 bridgehead atoms. The third-order valence-corrected chi connectivity index (χ3v) is 4.46. The molecule has 1 fully saturated rings. The van der Waals surface area contributed by atoms with E-state index in [0.717, 1.165) is 45.4 Å². The first-order valence-corrected chi connectivity index (χ1v) is 8.18. The lowest BCUT2D eigenvalue weighted by molar-refractivity contribution is -0.131. The largest absolute Gasteiger partial charge is 0.385 e. The van der Waals surface area contributed by atoms with E-state index in [4.69, 9.17) is 0 Å². The van der Waals surface area contributed by atoms with Crippen LogP contribution in [0.25, 0.3) is 0 Å². The van der Waals surface area contributed by atoms with Gasteiger partial charge < -0.3 is 15.5 Å². The molecule has 1 aromatic rings. The van der Waals surface area contributed by atoms with Crippen LogP contribution in [0.5, 0.6) is 0 Å². The van der Waals surface area contributed by atoms with Crippen LogP contribution in [0, 0.1) is 0 Å². The SMILES string of the molecule is O=C(CNCc1cccc2c1NCCC2)N1CCCCC1. The van der Waals surface area contributed by atoms with Gasteiger partial charge in [0.15, 0.2) is 0 Å². The van der Waals surface area contributed by atoms with E-state index in [-0.39, 0.29) is 5.91 Å². The van der Waals surface area contributed by atoms with Crippen molar-refractivity contribution in [1.82, 2.24) is 10.2 Å². The Morgan fingerprint density at radius 1 is 1.19 bits per heavy atom. The lowest BCUT2D eigenvalue weighted by Gasteiger charge is -2.27. The highest BCUT2D eigenvalue weighted by Gasteiger charge is 2.16. The van der Waals surface area contributed by atoms with Crippen LogP contribution < -0.4 is 10.6 Å². The lowest BCUT2D eigenvalue weighted by atomic mass is 9.99. The highest BCUT2D eigenvalue weighted by Crippen LogP contribution is 2.25. The van der Waals surface area contributed by atoms with Crippen molar-refractivity contribution in [2.45, 2.75) is 38.6 Å². The smallest absolute Gasteiger partial charge is 0.236 e. The van der Waals surface area contributed by atoms with Gasteiger partial charge in [-0.3, -0.25) is 4.79 Å². The van der Waals surface area contributed by atoms with E-state index >= 15 is 0 Å². The Morgan fingerprint density at radius 3 is 2.90 bits per heavy atom. The van der Waals surface area contributed by atoms with Crippen molar-refractivity contribution in [2.75, 3.05) is 31.5 Å². The quantitative estimate of drug-likeness (QED) is 0.892. The number of aryl methyl sites for hydroxylation is 1. The molecule has 2 N–H and O–H groups in total. The number of hydrogen-bond donors (Lipinski definition) is 2. The first-order chi connectivity index (χ1) is 10.3. The number of anilines is 1. The fourth-order valence-corrected chi connectivity index (χ4v) is 3.29. The molecule has 3 rings (SSSR count). The minimum atomic E-state index is 0.243. The number of nitrogens with one attached hydrogen (secondary N) is 2. The zero-order chi connectivity index (χ0) is 14.5. The fraction of sp³-hybridized carbons (Fsp3) is 0.588. The monoisotopic (exact) mass is 287 g/mol. The molecule has 4 nitrogen and oxygen atoms in total. The average molecular weight is 287 g/mol. The summed E-state index contributed by atoms with van der Waals surface area (Å²) in [6.07, 6.45) is 5.93. The third kappa shape index (κ3) is 3.56. The minimum absolute atomic E-state index is 0.243. The second-order valence-electron chi connectivity index (χ2n) is 6.03. The summed E-state index contributed by atoms with van der Waals surface area (Å²) in [5.74, 6) is 0.243. The highest BCUT2D eigenvalue weighted by atomic mass is 16.2. The molecule has 0 aromatic heterocycles. The number of nitrogens with zero attached hydrogens (tertiary/aromatic N) is 1. The second kappa shape index (κ2) is 6.94. The van der Waals surface area contributed by atoms with E-state index in [1.54, 1.807) is 0 Å². The molecule has 0 aliphatic carbocycles. The molecular weight excluding hydrogens is 262 g/mol. The number of hydrogen-bond acceptors (Lipinski definition) is 3. The molecule has 2 heterocycles. The number of para-hydroxylation sites is 1. The van der Waals surface area contributed by atoms with E-state index in [2.05, 4.69) is 28.8 Å². The van der Waals surface area contributed by atoms with Gasteiger partial charge in [-0.25, -0.2) is 0 Å². The van der Waals surface area contributed by atoms with Crippen molar-refractivity contribution in [1.29, 1.82) is 0 Å². The molecule has 0 atom stereocenters. The topological polar surface area (TPSA) is 44.4 Å². The first-order valence-electron chi connectivity index (χ1n) is 8.18. The highest BCUT2D eigenvalue weighted by molar-refractivity contribution is 5.78. The van der Waals surface area contributed by atoms with Crippen LogP contribution in [-0.4, -0.2) is 37.0 Å². The van der Waals surface area contributed by atoms with Gasteiger partial charge in [0, 0.05) is 31.9 Å². The van der Waals surface area contributed by atoms with Gasteiger partial charge in [0.1, 0.15) is 0 Å². The Labute approximate surface area is 126 Å². The van der Waals surface area contributed by atoms with Crippen LogP contribution in [-0.2, 0) is 17.8 Å². The van der Waals surface area contributed by atoms with E-state index < -0.39 is 0 Å². The summed E-state index contributed by atoms with van der Waals surface area (Å²) in [7, 11) is 0. The van der Waals surface area contributed by atoms with Gasteiger partial charge in [0.05, 0.1) is 6.54 Å². The minimum Gasteiger partial charge on any atom is -0.385 e. The Bertz CT molecular complexity index is 495. The predicted molar refractivity (Wildman–Crippen MR) is 85.4 cm³/mol. The van der Waals surface area contributed by atoms with Gasteiger partial charge in [-0.15, -0.1) is 0 Å². The number of piperidine rings is 1. The molecule has 0 saturated carbocycles. The predicted octanol–water partition coefficient (Wildman–Crippen LogP) is 2.15. The van der Waals surface area contributed by atoms with Gasteiger partial charge in [0.25, 0.3) is 0 Å². The van der Waals surface area contributed by atoms with Gasteiger partial charge in [-0.1, -0.05) is 18.2 Å². The maximum Gasteiger partial charge on any atom is 0.236 e. The Balaban J connectivity index is 1.52.